The summed E-state index contributed by atoms with van der Waals surface area (Å²) in [6.45, 7) is 1.73. The van der Waals surface area contributed by atoms with E-state index in [1.165, 1.54) is 0 Å². The van der Waals surface area contributed by atoms with E-state index in [1.54, 1.807) is 30.1 Å². The van der Waals surface area contributed by atoms with Crippen LogP contribution in [0.15, 0.2) is 18.3 Å². The fourth-order valence-corrected chi connectivity index (χ4v) is 2.07. The van der Waals surface area contributed by atoms with E-state index in [0.29, 0.717) is 11.3 Å². The van der Waals surface area contributed by atoms with Crippen LogP contribution in [0.4, 0.5) is 0 Å². The fourth-order valence-electron chi connectivity index (χ4n) is 1.48. The number of rotatable bonds is 5. The summed E-state index contributed by atoms with van der Waals surface area (Å²) in [7, 11) is 0. The summed E-state index contributed by atoms with van der Waals surface area (Å²) in [6, 6.07) is 3.53. The van der Waals surface area contributed by atoms with E-state index < -0.39 is 0 Å². The number of carbonyl (C=O) groups excluding carboxylic acids is 1. The van der Waals surface area contributed by atoms with Crippen LogP contribution in [0.5, 0.6) is 0 Å². The number of aromatic nitrogens is 1. The van der Waals surface area contributed by atoms with Gasteiger partial charge in [0.1, 0.15) is 12.3 Å². The molecule has 0 spiro atoms. The number of carbonyl (C=O) groups is 1. The normalized spacial score (nSPS) is 11.3. The first-order chi connectivity index (χ1) is 9.19. The molecule has 5 heteroatoms. The quantitative estimate of drug-likeness (QED) is 0.797. The summed E-state index contributed by atoms with van der Waals surface area (Å²) in [6.07, 6.45) is 4.51. The topological polar surface area (TPSA) is 62.2 Å². The molecular formula is C14H18N2O2S. The van der Waals surface area contributed by atoms with Crippen LogP contribution < -0.4 is 5.32 Å². The molecule has 102 valence electrons. The maximum absolute atomic E-state index is 12.1. The van der Waals surface area contributed by atoms with E-state index in [2.05, 4.69) is 22.1 Å². The number of hydrogen-bond donors (Lipinski definition) is 2. The monoisotopic (exact) mass is 278 g/mol. The first-order valence-electron chi connectivity index (χ1n) is 6.03. The number of nitrogens with one attached hydrogen (secondary N) is 1. The van der Waals surface area contributed by atoms with Gasteiger partial charge in [-0.1, -0.05) is 11.8 Å². The van der Waals surface area contributed by atoms with E-state index in [9.17, 15) is 4.79 Å². The molecule has 0 radical (unpaired) electrons. The molecule has 0 saturated carbocycles. The van der Waals surface area contributed by atoms with Crippen LogP contribution in [-0.4, -0.2) is 40.7 Å². The SMILES string of the molecule is CSCCC(C)NC(=O)c1ncccc1C#CCO. The van der Waals surface area contributed by atoms with Gasteiger partial charge < -0.3 is 10.4 Å². The Morgan fingerprint density at radius 3 is 3.11 bits per heavy atom. The zero-order chi connectivity index (χ0) is 14.1. The predicted molar refractivity (Wildman–Crippen MR) is 78.1 cm³/mol. The molecule has 0 aromatic carbocycles. The van der Waals surface area contributed by atoms with Crippen molar-refractivity contribution < 1.29 is 9.90 Å². The van der Waals surface area contributed by atoms with Crippen LogP contribution in [0, 0.1) is 11.8 Å². The van der Waals surface area contributed by atoms with Gasteiger partial charge in [-0.05, 0) is 37.5 Å². The van der Waals surface area contributed by atoms with Crippen molar-refractivity contribution in [3.63, 3.8) is 0 Å². The molecule has 0 aliphatic rings. The molecule has 19 heavy (non-hydrogen) atoms. The van der Waals surface area contributed by atoms with E-state index in [1.807, 2.05) is 13.2 Å². The van der Waals surface area contributed by atoms with Gasteiger partial charge in [-0.2, -0.15) is 11.8 Å². The van der Waals surface area contributed by atoms with E-state index >= 15 is 0 Å². The minimum atomic E-state index is -0.236. The van der Waals surface area contributed by atoms with Crippen molar-refractivity contribution >= 4 is 17.7 Å². The summed E-state index contributed by atoms with van der Waals surface area (Å²) in [5.74, 6) is 6.04. The first-order valence-corrected chi connectivity index (χ1v) is 7.43. The largest absolute Gasteiger partial charge is 0.384 e. The molecule has 0 aliphatic heterocycles. The van der Waals surface area contributed by atoms with E-state index in [-0.39, 0.29) is 18.6 Å². The van der Waals surface area contributed by atoms with Gasteiger partial charge in [-0.15, -0.1) is 0 Å². The first kappa shape index (κ1) is 15.5. The van der Waals surface area contributed by atoms with Crippen molar-refractivity contribution in [2.75, 3.05) is 18.6 Å². The van der Waals surface area contributed by atoms with Gasteiger partial charge in [-0.25, -0.2) is 4.98 Å². The molecule has 1 aromatic rings. The van der Waals surface area contributed by atoms with Gasteiger partial charge in [0, 0.05) is 12.2 Å². The van der Waals surface area contributed by atoms with Gasteiger partial charge in [0.25, 0.3) is 5.91 Å². The van der Waals surface area contributed by atoms with Crippen LogP contribution in [0.3, 0.4) is 0 Å². The molecule has 2 N–H and O–H groups in total. The summed E-state index contributed by atoms with van der Waals surface area (Å²) in [5, 5.41) is 11.6. The maximum atomic E-state index is 12.1. The summed E-state index contributed by atoms with van der Waals surface area (Å²) < 4.78 is 0. The molecule has 0 aliphatic carbocycles. The second-order valence-corrected chi connectivity index (χ2v) is 5.00. The molecule has 1 unspecified atom stereocenters. The van der Waals surface area contributed by atoms with Gasteiger partial charge in [0.2, 0.25) is 0 Å². The smallest absolute Gasteiger partial charge is 0.271 e. The van der Waals surface area contributed by atoms with Crippen molar-refractivity contribution in [2.45, 2.75) is 19.4 Å². The highest BCUT2D eigenvalue weighted by Gasteiger charge is 2.13. The minimum Gasteiger partial charge on any atom is -0.384 e. The Labute approximate surface area is 118 Å². The molecule has 0 fully saturated rings. The van der Waals surface area contributed by atoms with Crippen LogP contribution in [0.25, 0.3) is 0 Å². The molecule has 4 nitrogen and oxygen atoms in total. The molecule has 0 bridgehead atoms. The molecule has 1 atom stereocenters. The van der Waals surface area contributed by atoms with Gasteiger partial charge in [0.15, 0.2) is 0 Å². The Morgan fingerprint density at radius 2 is 2.42 bits per heavy atom. The average molecular weight is 278 g/mol. The van der Waals surface area contributed by atoms with Gasteiger partial charge in [-0.3, -0.25) is 4.79 Å². The number of amides is 1. The molecule has 1 amide bonds. The van der Waals surface area contributed by atoms with Crippen molar-refractivity contribution in [3.8, 4) is 11.8 Å². The Morgan fingerprint density at radius 1 is 1.63 bits per heavy atom. The summed E-state index contributed by atoms with van der Waals surface area (Å²) in [4.78, 5) is 16.2. The third-order valence-electron chi connectivity index (χ3n) is 2.46. The predicted octanol–water partition coefficient (Wildman–Crippen LogP) is 1.30. The zero-order valence-electron chi connectivity index (χ0n) is 11.1. The van der Waals surface area contributed by atoms with Crippen molar-refractivity contribution in [1.29, 1.82) is 0 Å². The lowest BCUT2D eigenvalue weighted by atomic mass is 10.1. The molecule has 0 saturated heterocycles. The number of pyridine rings is 1. The lowest BCUT2D eigenvalue weighted by molar-refractivity contribution is 0.0934. The van der Waals surface area contributed by atoms with Crippen molar-refractivity contribution in [3.05, 3.63) is 29.6 Å². The van der Waals surface area contributed by atoms with Crippen molar-refractivity contribution in [1.82, 2.24) is 10.3 Å². The molecule has 1 heterocycles. The standard InChI is InChI=1S/C14H18N2O2S/c1-11(7-10-19-2)16-14(18)13-12(6-4-9-17)5-3-8-15-13/h3,5,8,11,17H,7,9-10H2,1-2H3,(H,16,18). The Bertz CT molecular complexity index is 480. The zero-order valence-corrected chi connectivity index (χ0v) is 12.0. The highest BCUT2D eigenvalue weighted by Crippen LogP contribution is 2.05. The number of thioether (sulfide) groups is 1. The van der Waals surface area contributed by atoms with Crippen LogP contribution in [-0.2, 0) is 0 Å². The Balaban J connectivity index is 2.76. The lowest BCUT2D eigenvalue weighted by Gasteiger charge is -2.13. The maximum Gasteiger partial charge on any atom is 0.271 e. The highest BCUT2D eigenvalue weighted by atomic mass is 32.2. The second-order valence-electron chi connectivity index (χ2n) is 4.02. The fraction of sp³-hybridized carbons (Fsp3) is 0.429. The van der Waals surface area contributed by atoms with Gasteiger partial charge in [0.05, 0.1) is 5.56 Å². The molecule has 1 aromatic heterocycles. The van der Waals surface area contributed by atoms with E-state index in [0.717, 1.165) is 12.2 Å². The lowest BCUT2D eigenvalue weighted by Crippen LogP contribution is -2.34. The van der Waals surface area contributed by atoms with E-state index in [4.69, 9.17) is 5.11 Å². The van der Waals surface area contributed by atoms with Gasteiger partial charge >= 0.3 is 0 Å². The minimum absolute atomic E-state index is 0.0978. The number of nitrogens with zero attached hydrogens (tertiary/aromatic N) is 1. The van der Waals surface area contributed by atoms with Crippen LogP contribution in [0.2, 0.25) is 0 Å². The number of hydrogen-bond acceptors (Lipinski definition) is 4. The summed E-state index contributed by atoms with van der Waals surface area (Å²) in [5.41, 5.74) is 0.838. The Kier molecular flexibility index (Phi) is 7.01. The molecule has 1 rings (SSSR count). The summed E-state index contributed by atoms with van der Waals surface area (Å²) >= 11 is 1.75. The third kappa shape index (κ3) is 5.33. The molecular weight excluding hydrogens is 260 g/mol. The Hall–Kier alpha value is -1.51. The van der Waals surface area contributed by atoms with Crippen LogP contribution in [0.1, 0.15) is 29.4 Å². The second kappa shape index (κ2) is 8.57. The van der Waals surface area contributed by atoms with Crippen LogP contribution >= 0.6 is 11.8 Å². The number of aliphatic hydroxyl groups excluding tert-OH is 1. The highest BCUT2D eigenvalue weighted by molar-refractivity contribution is 7.98. The third-order valence-corrected chi connectivity index (χ3v) is 3.10. The average Bonchev–Trinajstić information content (AvgIpc) is 2.43. The number of aliphatic hydroxyl groups is 1. The van der Waals surface area contributed by atoms with Crippen molar-refractivity contribution in [2.24, 2.45) is 0 Å².